The Morgan fingerprint density at radius 3 is 2.12 bits per heavy atom. The van der Waals surface area contributed by atoms with Crippen LogP contribution < -0.4 is 14.2 Å². The molecular formula is C20H20FNO4. The minimum Gasteiger partial charge on any atom is -0.493 e. The van der Waals surface area contributed by atoms with Crippen LogP contribution in [0.2, 0.25) is 0 Å². The number of β-lactam (4-membered cyclic amide) rings is 1. The molecule has 1 aliphatic heterocycles. The van der Waals surface area contributed by atoms with Gasteiger partial charge >= 0.3 is 0 Å². The number of likely N-dealkylation sites (tertiary alicyclic amines) is 1. The summed E-state index contributed by atoms with van der Waals surface area (Å²) in [7, 11) is 4.62. The number of benzene rings is 2. The Kier molecular flexibility index (Phi) is 4.84. The average Bonchev–Trinajstić information content (AvgIpc) is 2.67. The molecule has 1 heterocycles. The minimum absolute atomic E-state index is 0.131. The number of hydrogen-bond donors (Lipinski definition) is 0. The second-order valence-corrected chi connectivity index (χ2v) is 5.95. The van der Waals surface area contributed by atoms with Crippen molar-refractivity contribution >= 4 is 5.91 Å². The number of ether oxygens (including phenoxy) is 3. The van der Waals surface area contributed by atoms with E-state index >= 15 is 0 Å². The first kappa shape index (κ1) is 17.8. The molecule has 1 unspecified atom stereocenters. The number of nitrogens with zero attached hydrogens (tertiary/aromatic N) is 1. The van der Waals surface area contributed by atoms with Crippen molar-refractivity contribution in [2.24, 2.45) is 0 Å². The number of carbonyl (C=O) groups is 1. The monoisotopic (exact) mass is 357 g/mol. The van der Waals surface area contributed by atoms with Gasteiger partial charge in [-0.3, -0.25) is 4.79 Å². The molecule has 1 fully saturated rings. The molecule has 2 aromatic rings. The van der Waals surface area contributed by atoms with E-state index in [0.717, 1.165) is 11.1 Å². The van der Waals surface area contributed by atoms with Gasteiger partial charge in [0.1, 0.15) is 5.82 Å². The molecule has 5 nitrogen and oxygen atoms in total. The third kappa shape index (κ3) is 2.98. The maximum atomic E-state index is 13.2. The van der Waals surface area contributed by atoms with Crippen molar-refractivity contribution in [1.82, 2.24) is 4.90 Å². The highest BCUT2D eigenvalue weighted by Gasteiger charge is 2.41. The van der Waals surface area contributed by atoms with Crippen LogP contribution >= 0.6 is 0 Å². The molecule has 3 rings (SSSR count). The number of carbonyl (C=O) groups excluding carboxylic acids is 1. The lowest BCUT2D eigenvalue weighted by Crippen LogP contribution is -2.47. The van der Waals surface area contributed by atoms with Crippen molar-refractivity contribution in [3.8, 4) is 17.2 Å². The third-order valence-corrected chi connectivity index (χ3v) is 4.44. The van der Waals surface area contributed by atoms with Crippen LogP contribution in [0.25, 0.3) is 0 Å². The van der Waals surface area contributed by atoms with Crippen molar-refractivity contribution in [3.63, 3.8) is 0 Å². The average molecular weight is 357 g/mol. The highest BCUT2D eigenvalue weighted by Crippen LogP contribution is 2.42. The van der Waals surface area contributed by atoms with Crippen molar-refractivity contribution < 1.29 is 23.4 Å². The second kappa shape index (κ2) is 7.07. The molecule has 1 aliphatic rings. The molecule has 0 spiro atoms. The summed E-state index contributed by atoms with van der Waals surface area (Å²) in [6, 6.07) is 9.42. The predicted octanol–water partition coefficient (Wildman–Crippen LogP) is 3.49. The number of amides is 1. The number of halogens is 1. The van der Waals surface area contributed by atoms with Gasteiger partial charge in [0.25, 0.3) is 5.91 Å². The van der Waals surface area contributed by atoms with Crippen LogP contribution in [0.5, 0.6) is 17.2 Å². The van der Waals surface area contributed by atoms with E-state index in [-0.39, 0.29) is 17.8 Å². The van der Waals surface area contributed by atoms with Gasteiger partial charge < -0.3 is 19.1 Å². The maximum absolute atomic E-state index is 13.2. The van der Waals surface area contributed by atoms with Gasteiger partial charge in [0, 0.05) is 12.1 Å². The highest BCUT2D eigenvalue weighted by molar-refractivity contribution is 6.01. The van der Waals surface area contributed by atoms with E-state index in [9.17, 15) is 9.18 Å². The second-order valence-electron chi connectivity index (χ2n) is 5.95. The Morgan fingerprint density at radius 2 is 1.62 bits per heavy atom. The van der Waals surface area contributed by atoms with Gasteiger partial charge in [-0.2, -0.15) is 0 Å². The van der Waals surface area contributed by atoms with Crippen molar-refractivity contribution in [3.05, 3.63) is 65.5 Å². The number of hydrogen-bond acceptors (Lipinski definition) is 4. The summed E-state index contributed by atoms with van der Waals surface area (Å²) in [4.78, 5) is 14.0. The Morgan fingerprint density at radius 1 is 1.04 bits per heavy atom. The molecule has 0 aliphatic carbocycles. The molecule has 0 aromatic heterocycles. The van der Waals surface area contributed by atoms with Crippen LogP contribution in [0.4, 0.5) is 4.39 Å². The first-order valence-electron chi connectivity index (χ1n) is 8.04. The number of methoxy groups -OCH3 is 3. The quantitative estimate of drug-likeness (QED) is 0.587. The molecule has 136 valence electrons. The van der Waals surface area contributed by atoms with Crippen molar-refractivity contribution in [2.75, 3.05) is 21.3 Å². The van der Waals surface area contributed by atoms with Crippen LogP contribution in [0.3, 0.4) is 0 Å². The molecule has 1 saturated heterocycles. The number of rotatable bonds is 6. The van der Waals surface area contributed by atoms with Crippen LogP contribution in [0, 0.1) is 5.82 Å². The Hall–Kier alpha value is -3.02. The van der Waals surface area contributed by atoms with Gasteiger partial charge in [-0.1, -0.05) is 18.7 Å². The van der Waals surface area contributed by atoms with E-state index in [0.29, 0.717) is 29.4 Å². The van der Waals surface area contributed by atoms with Gasteiger partial charge in [-0.15, -0.1) is 0 Å². The molecule has 1 atom stereocenters. The van der Waals surface area contributed by atoms with Crippen LogP contribution in [-0.2, 0) is 11.3 Å². The molecule has 0 N–H and O–H groups in total. The van der Waals surface area contributed by atoms with E-state index in [2.05, 4.69) is 6.58 Å². The smallest absolute Gasteiger partial charge is 0.252 e. The lowest BCUT2D eigenvalue weighted by atomic mass is 9.88. The summed E-state index contributed by atoms with van der Waals surface area (Å²) < 4.78 is 29.2. The van der Waals surface area contributed by atoms with Crippen LogP contribution in [0.1, 0.15) is 17.2 Å². The molecular weight excluding hydrogens is 337 g/mol. The summed E-state index contributed by atoms with van der Waals surface area (Å²) in [5, 5.41) is 0. The van der Waals surface area contributed by atoms with E-state index in [4.69, 9.17) is 14.2 Å². The zero-order valence-corrected chi connectivity index (χ0v) is 14.9. The molecule has 0 radical (unpaired) electrons. The Bertz CT molecular complexity index is 822. The zero-order valence-electron chi connectivity index (χ0n) is 14.9. The highest BCUT2D eigenvalue weighted by atomic mass is 19.1. The van der Waals surface area contributed by atoms with Gasteiger partial charge in [0.2, 0.25) is 5.75 Å². The van der Waals surface area contributed by atoms with E-state index in [1.807, 2.05) is 0 Å². The summed E-state index contributed by atoms with van der Waals surface area (Å²) in [6.07, 6.45) is 0. The molecule has 26 heavy (non-hydrogen) atoms. The molecule has 0 saturated carbocycles. The largest absolute Gasteiger partial charge is 0.493 e. The SMILES string of the molecule is C=C1C(=O)N(Cc2cc(OC)c(OC)c(OC)c2)C1c1ccc(F)cc1. The molecule has 2 aromatic carbocycles. The fourth-order valence-electron chi connectivity index (χ4n) is 3.15. The van der Waals surface area contributed by atoms with Crippen molar-refractivity contribution in [2.45, 2.75) is 12.6 Å². The minimum atomic E-state index is -0.318. The topological polar surface area (TPSA) is 48.0 Å². The predicted molar refractivity (Wildman–Crippen MR) is 94.9 cm³/mol. The molecule has 0 bridgehead atoms. The van der Waals surface area contributed by atoms with E-state index in [1.54, 1.807) is 43.4 Å². The van der Waals surface area contributed by atoms with Gasteiger partial charge in [-0.05, 0) is 35.4 Å². The van der Waals surface area contributed by atoms with E-state index < -0.39 is 0 Å². The lowest BCUT2D eigenvalue weighted by Gasteiger charge is -2.42. The van der Waals surface area contributed by atoms with Gasteiger partial charge in [0.05, 0.1) is 27.4 Å². The first-order valence-corrected chi connectivity index (χ1v) is 8.04. The Labute approximate surface area is 151 Å². The third-order valence-electron chi connectivity index (χ3n) is 4.44. The standard InChI is InChI=1S/C20H20FNO4/c1-12-18(14-5-7-15(21)8-6-14)22(20(12)23)11-13-9-16(24-2)19(26-4)17(10-13)25-3/h5-10,18H,1,11H2,2-4H3. The van der Waals surface area contributed by atoms with E-state index in [1.165, 1.54) is 19.2 Å². The first-order chi connectivity index (χ1) is 12.5. The zero-order chi connectivity index (χ0) is 18.8. The van der Waals surface area contributed by atoms with Crippen LogP contribution in [0.15, 0.2) is 48.6 Å². The summed E-state index contributed by atoms with van der Waals surface area (Å²) >= 11 is 0. The normalized spacial score (nSPS) is 16.3. The lowest BCUT2D eigenvalue weighted by molar-refractivity contribution is -0.138. The summed E-state index contributed by atoms with van der Waals surface area (Å²) in [5.41, 5.74) is 2.14. The fourth-order valence-corrected chi connectivity index (χ4v) is 3.15. The van der Waals surface area contributed by atoms with Crippen LogP contribution in [-0.4, -0.2) is 32.1 Å². The summed E-state index contributed by atoms with van der Waals surface area (Å²) in [6.45, 7) is 4.20. The Balaban J connectivity index is 1.90. The van der Waals surface area contributed by atoms with Gasteiger partial charge in [0.15, 0.2) is 11.5 Å². The summed E-state index contributed by atoms with van der Waals surface area (Å²) in [5.74, 6) is 1.08. The van der Waals surface area contributed by atoms with Gasteiger partial charge in [-0.25, -0.2) is 4.39 Å². The molecule has 6 heteroatoms. The molecule has 1 amide bonds. The van der Waals surface area contributed by atoms with Crippen molar-refractivity contribution in [1.29, 1.82) is 0 Å². The fraction of sp³-hybridized carbons (Fsp3) is 0.250. The maximum Gasteiger partial charge on any atom is 0.252 e.